The summed E-state index contributed by atoms with van der Waals surface area (Å²) in [4.78, 5) is 12.2. The van der Waals surface area contributed by atoms with Crippen molar-refractivity contribution in [3.8, 4) is 6.07 Å². The van der Waals surface area contributed by atoms with Crippen molar-refractivity contribution in [3.63, 3.8) is 0 Å². The van der Waals surface area contributed by atoms with Crippen molar-refractivity contribution in [2.45, 2.75) is 25.7 Å². The summed E-state index contributed by atoms with van der Waals surface area (Å²) in [5.74, 6) is -0.841. The molecule has 1 atom stereocenters. The predicted molar refractivity (Wildman–Crippen MR) is 97.5 cm³/mol. The number of nitriles is 1. The number of aliphatic hydroxyl groups excluding tert-OH is 1. The zero-order valence-electron chi connectivity index (χ0n) is 14.8. The minimum atomic E-state index is -4.73. The van der Waals surface area contributed by atoms with Gasteiger partial charge in [-0.05, 0) is 48.7 Å². The molecule has 2 N–H and O–H groups in total. The van der Waals surface area contributed by atoms with Crippen molar-refractivity contribution in [1.82, 2.24) is 4.57 Å². The van der Waals surface area contributed by atoms with E-state index in [2.05, 4.69) is 5.32 Å². The fourth-order valence-corrected chi connectivity index (χ4v) is 2.93. The molecule has 0 spiro atoms. The largest absolute Gasteiger partial charge is 0.417 e. The molecule has 0 saturated heterocycles. The predicted octanol–water partition coefficient (Wildman–Crippen LogP) is 3.84. The Morgan fingerprint density at radius 1 is 1.25 bits per heavy atom. The zero-order chi connectivity index (χ0) is 20.5. The van der Waals surface area contributed by atoms with Gasteiger partial charge in [-0.15, -0.1) is 0 Å². The van der Waals surface area contributed by atoms with Crippen LogP contribution in [0.25, 0.3) is 10.9 Å². The van der Waals surface area contributed by atoms with Crippen LogP contribution in [0, 0.1) is 18.3 Å². The highest BCUT2D eigenvalue weighted by Crippen LogP contribution is 2.33. The van der Waals surface area contributed by atoms with Gasteiger partial charge in [0.1, 0.15) is 0 Å². The summed E-state index contributed by atoms with van der Waals surface area (Å²) in [6, 6.07) is 11.9. The van der Waals surface area contributed by atoms with Gasteiger partial charge in [-0.3, -0.25) is 4.79 Å². The molecule has 0 fully saturated rings. The maximum Gasteiger partial charge on any atom is 0.417 e. The molecule has 144 valence electrons. The highest BCUT2D eigenvalue weighted by Gasteiger charge is 2.34. The lowest BCUT2D eigenvalue weighted by atomic mass is 10.1. The van der Waals surface area contributed by atoms with E-state index in [9.17, 15) is 23.1 Å². The number of anilines is 1. The summed E-state index contributed by atoms with van der Waals surface area (Å²) < 4.78 is 40.8. The van der Waals surface area contributed by atoms with Crippen LogP contribution in [0.4, 0.5) is 18.9 Å². The lowest BCUT2D eigenvalue weighted by Crippen LogP contribution is -2.31. The quantitative estimate of drug-likeness (QED) is 0.714. The Hall–Kier alpha value is -3.31. The van der Waals surface area contributed by atoms with Gasteiger partial charge >= 0.3 is 6.18 Å². The first-order valence-corrected chi connectivity index (χ1v) is 8.35. The number of alkyl halides is 3. The Kier molecular flexibility index (Phi) is 5.12. The molecule has 3 aromatic rings. The van der Waals surface area contributed by atoms with Gasteiger partial charge in [0.2, 0.25) is 0 Å². The number of amides is 1. The molecule has 3 rings (SSSR count). The van der Waals surface area contributed by atoms with Crippen LogP contribution < -0.4 is 5.32 Å². The number of hydrogen-bond donors (Lipinski definition) is 2. The standard InChI is InChI=1S/C20H16F3N3O2/c1-12-2-5-17-13(8-12)6-7-26(17)11-18(27)19(28)25-15-4-3-14(10-24)16(9-15)20(21,22)23/h2-9,18,27H,11H2,1H3,(H,25,28)/t18-/m0/s1. The second-order valence-corrected chi connectivity index (χ2v) is 6.41. The van der Waals surface area contributed by atoms with E-state index in [1.54, 1.807) is 10.8 Å². The van der Waals surface area contributed by atoms with E-state index < -0.39 is 29.3 Å². The molecule has 0 aliphatic heterocycles. The minimum absolute atomic E-state index is 0.0548. The molecular weight excluding hydrogens is 371 g/mol. The topological polar surface area (TPSA) is 78.1 Å². The van der Waals surface area contributed by atoms with Crippen LogP contribution in [0.3, 0.4) is 0 Å². The molecule has 1 heterocycles. The summed E-state index contributed by atoms with van der Waals surface area (Å²) >= 11 is 0. The number of aliphatic hydroxyl groups is 1. The molecule has 2 aromatic carbocycles. The SMILES string of the molecule is Cc1ccc2c(ccn2C[C@H](O)C(=O)Nc2ccc(C#N)c(C(F)(F)F)c2)c1. The number of carbonyl (C=O) groups excluding carboxylic acids is 1. The van der Waals surface area contributed by atoms with Crippen molar-refractivity contribution in [1.29, 1.82) is 5.26 Å². The first-order chi connectivity index (χ1) is 13.2. The van der Waals surface area contributed by atoms with Crippen molar-refractivity contribution in [3.05, 3.63) is 65.4 Å². The van der Waals surface area contributed by atoms with Crippen molar-refractivity contribution in [2.75, 3.05) is 5.32 Å². The third kappa shape index (κ3) is 4.00. The van der Waals surface area contributed by atoms with Crippen LogP contribution in [-0.2, 0) is 17.5 Å². The second-order valence-electron chi connectivity index (χ2n) is 6.41. The third-order valence-corrected chi connectivity index (χ3v) is 4.31. The number of halogens is 3. The fourth-order valence-electron chi connectivity index (χ4n) is 2.93. The summed E-state index contributed by atoms with van der Waals surface area (Å²) in [6.07, 6.45) is -4.47. The lowest BCUT2D eigenvalue weighted by Gasteiger charge is -2.15. The first-order valence-electron chi connectivity index (χ1n) is 8.35. The van der Waals surface area contributed by atoms with E-state index in [4.69, 9.17) is 5.26 Å². The number of aryl methyl sites for hydroxylation is 1. The van der Waals surface area contributed by atoms with E-state index in [1.807, 2.05) is 31.2 Å². The average Bonchev–Trinajstić information content (AvgIpc) is 3.02. The van der Waals surface area contributed by atoms with Gasteiger partial charge in [-0.2, -0.15) is 18.4 Å². The van der Waals surface area contributed by atoms with Gasteiger partial charge < -0.3 is 15.0 Å². The van der Waals surface area contributed by atoms with E-state index in [0.29, 0.717) is 6.07 Å². The summed E-state index contributed by atoms with van der Waals surface area (Å²) in [7, 11) is 0. The third-order valence-electron chi connectivity index (χ3n) is 4.31. The van der Waals surface area contributed by atoms with Crippen LogP contribution >= 0.6 is 0 Å². The summed E-state index contributed by atoms with van der Waals surface area (Å²) in [5.41, 5.74) is 0.0672. The Bertz CT molecular complexity index is 1080. The Morgan fingerprint density at radius 2 is 2.00 bits per heavy atom. The Morgan fingerprint density at radius 3 is 2.68 bits per heavy atom. The molecule has 0 radical (unpaired) electrons. The summed E-state index contributed by atoms with van der Waals surface area (Å²) in [5, 5.41) is 22.2. The van der Waals surface area contributed by atoms with Gasteiger partial charge in [-0.25, -0.2) is 0 Å². The Labute approximate surface area is 158 Å². The van der Waals surface area contributed by atoms with Crippen LogP contribution in [0.15, 0.2) is 48.7 Å². The van der Waals surface area contributed by atoms with Gasteiger partial charge in [0.25, 0.3) is 5.91 Å². The van der Waals surface area contributed by atoms with Crippen LogP contribution in [0.5, 0.6) is 0 Å². The maximum absolute atomic E-state index is 13.0. The zero-order valence-corrected chi connectivity index (χ0v) is 14.8. The van der Waals surface area contributed by atoms with E-state index in [0.717, 1.165) is 22.5 Å². The van der Waals surface area contributed by atoms with Crippen molar-refractivity contribution >= 4 is 22.5 Å². The highest BCUT2D eigenvalue weighted by atomic mass is 19.4. The molecule has 5 nitrogen and oxygen atoms in total. The van der Waals surface area contributed by atoms with E-state index in [1.165, 1.54) is 12.1 Å². The molecule has 8 heteroatoms. The monoisotopic (exact) mass is 387 g/mol. The number of rotatable bonds is 4. The highest BCUT2D eigenvalue weighted by molar-refractivity contribution is 5.94. The van der Waals surface area contributed by atoms with Crippen molar-refractivity contribution in [2.24, 2.45) is 0 Å². The second kappa shape index (κ2) is 7.37. The normalized spacial score (nSPS) is 12.6. The summed E-state index contributed by atoms with van der Waals surface area (Å²) in [6.45, 7) is 1.90. The molecule has 0 aliphatic carbocycles. The number of fused-ring (bicyclic) bond motifs is 1. The number of nitrogens with zero attached hydrogens (tertiary/aromatic N) is 2. The molecular formula is C20H16F3N3O2. The number of carbonyl (C=O) groups is 1. The minimum Gasteiger partial charge on any atom is -0.381 e. The van der Waals surface area contributed by atoms with Crippen molar-refractivity contribution < 1.29 is 23.1 Å². The van der Waals surface area contributed by atoms with Crippen LogP contribution in [0.1, 0.15) is 16.7 Å². The number of benzene rings is 2. The van der Waals surface area contributed by atoms with Crippen LogP contribution in [0.2, 0.25) is 0 Å². The van der Waals surface area contributed by atoms with Gasteiger partial charge in [0, 0.05) is 17.4 Å². The van der Waals surface area contributed by atoms with E-state index in [-0.39, 0.29) is 12.2 Å². The number of hydrogen-bond acceptors (Lipinski definition) is 3. The smallest absolute Gasteiger partial charge is 0.381 e. The molecule has 28 heavy (non-hydrogen) atoms. The molecule has 0 unspecified atom stereocenters. The van der Waals surface area contributed by atoms with Gasteiger partial charge in [-0.1, -0.05) is 11.6 Å². The lowest BCUT2D eigenvalue weighted by molar-refractivity contribution is -0.137. The van der Waals surface area contributed by atoms with Gasteiger partial charge in [0.05, 0.1) is 23.7 Å². The Balaban J connectivity index is 1.76. The van der Waals surface area contributed by atoms with Gasteiger partial charge in [0.15, 0.2) is 6.10 Å². The molecule has 0 aliphatic rings. The fraction of sp³-hybridized carbons (Fsp3) is 0.200. The number of aromatic nitrogens is 1. The molecule has 1 aromatic heterocycles. The average molecular weight is 387 g/mol. The van der Waals surface area contributed by atoms with E-state index >= 15 is 0 Å². The molecule has 1 amide bonds. The van der Waals surface area contributed by atoms with Crippen LogP contribution in [-0.4, -0.2) is 21.7 Å². The maximum atomic E-state index is 13.0. The number of nitrogens with one attached hydrogen (secondary N) is 1. The molecule has 0 bridgehead atoms. The molecule has 0 saturated carbocycles. The first kappa shape index (κ1) is 19.5.